The Labute approximate surface area is 164 Å². The van der Waals surface area contributed by atoms with Crippen LogP contribution in [0.3, 0.4) is 0 Å². The van der Waals surface area contributed by atoms with Crippen LogP contribution >= 0.6 is 0 Å². The van der Waals surface area contributed by atoms with Gasteiger partial charge in [0.05, 0.1) is 37.8 Å². The third-order valence-electron chi connectivity index (χ3n) is 5.54. The number of likely N-dealkylation sites (tertiary alicyclic amines) is 1. The number of H-pyrrole nitrogens is 1. The molecule has 0 unspecified atom stereocenters. The molecular formula is C20H19F2N5O2. The molecule has 1 atom stereocenters. The summed E-state index contributed by atoms with van der Waals surface area (Å²) in [6.07, 6.45) is 1.66. The Hall–Kier alpha value is -3.23. The van der Waals surface area contributed by atoms with Crippen molar-refractivity contribution in [3.63, 3.8) is 0 Å². The van der Waals surface area contributed by atoms with Gasteiger partial charge in [0.25, 0.3) is 11.8 Å². The number of amides is 2. The Balaban J connectivity index is 1.35. The molecule has 1 N–H and O–H groups in total. The average Bonchev–Trinajstić information content (AvgIpc) is 3.31. The normalized spacial score (nSPS) is 20.4. The molecule has 2 aliphatic heterocycles. The lowest BCUT2D eigenvalue weighted by atomic mass is 10.1. The van der Waals surface area contributed by atoms with E-state index in [2.05, 4.69) is 10.1 Å². The second-order valence-electron chi connectivity index (χ2n) is 7.69. The zero-order valence-corrected chi connectivity index (χ0v) is 15.5. The number of benzene rings is 1. The van der Waals surface area contributed by atoms with Crippen molar-refractivity contribution in [1.82, 2.24) is 24.6 Å². The number of fused-ring (bicyclic) bond motifs is 2. The number of carbonyl (C=O) groups is 2. The summed E-state index contributed by atoms with van der Waals surface area (Å²) >= 11 is 0. The Morgan fingerprint density at radius 3 is 2.72 bits per heavy atom. The molecule has 150 valence electrons. The summed E-state index contributed by atoms with van der Waals surface area (Å²) < 4.78 is 27.9. The minimum absolute atomic E-state index is 0.0290. The molecule has 29 heavy (non-hydrogen) atoms. The highest BCUT2D eigenvalue weighted by Crippen LogP contribution is 2.30. The van der Waals surface area contributed by atoms with Crippen molar-refractivity contribution in [3.05, 3.63) is 54.0 Å². The maximum absolute atomic E-state index is 13.1. The van der Waals surface area contributed by atoms with Gasteiger partial charge in [-0.3, -0.25) is 14.3 Å². The van der Waals surface area contributed by atoms with Gasteiger partial charge in [0.15, 0.2) is 0 Å². The summed E-state index contributed by atoms with van der Waals surface area (Å²) in [7, 11) is 0. The first-order valence-electron chi connectivity index (χ1n) is 9.45. The molecule has 0 saturated carbocycles. The summed E-state index contributed by atoms with van der Waals surface area (Å²) in [5.41, 5.74) is 2.17. The number of halogens is 2. The molecular weight excluding hydrogens is 380 g/mol. The monoisotopic (exact) mass is 399 g/mol. The lowest BCUT2D eigenvalue weighted by Crippen LogP contribution is -2.59. The fraction of sp³-hybridized carbons (Fsp3) is 0.350. The van der Waals surface area contributed by atoms with Crippen LogP contribution in [-0.4, -0.2) is 61.9 Å². The van der Waals surface area contributed by atoms with Crippen LogP contribution < -0.4 is 0 Å². The Bertz CT molecular complexity index is 1060. The minimum atomic E-state index is -2.79. The van der Waals surface area contributed by atoms with Crippen molar-refractivity contribution in [2.75, 3.05) is 19.6 Å². The number of carbonyl (C=O) groups excluding carboxylic acids is 2. The van der Waals surface area contributed by atoms with Crippen LogP contribution in [0.5, 0.6) is 0 Å². The van der Waals surface area contributed by atoms with Crippen molar-refractivity contribution in [3.8, 4) is 0 Å². The molecule has 1 fully saturated rings. The third-order valence-corrected chi connectivity index (χ3v) is 5.54. The molecule has 4 heterocycles. The summed E-state index contributed by atoms with van der Waals surface area (Å²) in [6, 6.07) is 10.9. The van der Waals surface area contributed by atoms with E-state index >= 15 is 0 Å². The molecule has 2 aromatic heterocycles. The fourth-order valence-electron chi connectivity index (χ4n) is 4.07. The second kappa shape index (κ2) is 6.40. The molecule has 9 heteroatoms. The molecule has 0 aliphatic carbocycles. The van der Waals surface area contributed by atoms with Gasteiger partial charge in [-0.1, -0.05) is 18.2 Å². The summed E-state index contributed by atoms with van der Waals surface area (Å²) in [6.45, 7) is -0.413. The largest absolute Gasteiger partial charge is 0.351 e. The van der Waals surface area contributed by atoms with Crippen molar-refractivity contribution < 1.29 is 18.4 Å². The van der Waals surface area contributed by atoms with Gasteiger partial charge in [0, 0.05) is 23.6 Å². The van der Waals surface area contributed by atoms with E-state index in [1.807, 2.05) is 30.3 Å². The van der Waals surface area contributed by atoms with E-state index in [0.717, 1.165) is 21.5 Å². The van der Waals surface area contributed by atoms with Crippen LogP contribution in [-0.2, 0) is 11.3 Å². The number of nitrogens with zero attached hydrogens (tertiary/aromatic N) is 4. The SMILES string of the molecule is O=C(C[C@@H]1CN(C(=O)c2cc3ccccc3[nH]2)Cc2ccnn21)N1CC(F)(F)C1. The van der Waals surface area contributed by atoms with Crippen molar-refractivity contribution in [1.29, 1.82) is 0 Å². The average molecular weight is 399 g/mol. The van der Waals surface area contributed by atoms with Gasteiger partial charge in [-0.15, -0.1) is 0 Å². The lowest BCUT2D eigenvalue weighted by molar-refractivity contribution is -0.166. The summed E-state index contributed by atoms with van der Waals surface area (Å²) in [5.74, 6) is -3.31. The molecule has 0 spiro atoms. The van der Waals surface area contributed by atoms with Crippen LogP contribution in [0.25, 0.3) is 10.9 Å². The first-order valence-corrected chi connectivity index (χ1v) is 9.45. The molecule has 7 nitrogen and oxygen atoms in total. The van der Waals surface area contributed by atoms with Gasteiger partial charge < -0.3 is 14.8 Å². The Morgan fingerprint density at radius 1 is 1.17 bits per heavy atom. The number of alkyl halides is 2. The molecule has 1 aromatic carbocycles. The molecule has 2 amide bonds. The highest BCUT2D eigenvalue weighted by Gasteiger charge is 2.46. The minimum Gasteiger partial charge on any atom is -0.351 e. The second-order valence-corrected chi connectivity index (χ2v) is 7.69. The van der Waals surface area contributed by atoms with Crippen LogP contribution in [0.2, 0.25) is 0 Å². The summed E-state index contributed by atoms with van der Waals surface area (Å²) in [4.78, 5) is 31.5. The van der Waals surface area contributed by atoms with Crippen molar-refractivity contribution in [2.24, 2.45) is 0 Å². The van der Waals surface area contributed by atoms with Crippen molar-refractivity contribution in [2.45, 2.75) is 24.9 Å². The zero-order chi connectivity index (χ0) is 20.2. The predicted octanol–water partition coefficient (Wildman–Crippen LogP) is 2.43. The van der Waals surface area contributed by atoms with E-state index in [4.69, 9.17) is 0 Å². The molecule has 2 aliphatic rings. The van der Waals surface area contributed by atoms with E-state index in [0.29, 0.717) is 18.8 Å². The van der Waals surface area contributed by atoms with Gasteiger partial charge in [0.2, 0.25) is 5.91 Å². The van der Waals surface area contributed by atoms with E-state index in [9.17, 15) is 18.4 Å². The van der Waals surface area contributed by atoms with Crippen LogP contribution in [0.1, 0.15) is 28.6 Å². The van der Waals surface area contributed by atoms with Gasteiger partial charge in [0.1, 0.15) is 5.69 Å². The van der Waals surface area contributed by atoms with Gasteiger partial charge in [-0.05, 0) is 18.2 Å². The molecule has 0 radical (unpaired) electrons. The predicted molar refractivity (Wildman–Crippen MR) is 100 cm³/mol. The van der Waals surface area contributed by atoms with Crippen LogP contribution in [0, 0.1) is 0 Å². The Morgan fingerprint density at radius 2 is 1.97 bits per heavy atom. The highest BCUT2D eigenvalue weighted by molar-refractivity contribution is 5.98. The number of aromatic nitrogens is 3. The molecule has 1 saturated heterocycles. The quantitative estimate of drug-likeness (QED) is 0.735. The van der Waals surface area contributed by atoms with Gasteiger partial charge in [-0.25, -0.2) is 8.78 Å². The van der Waals surface area contributed by atoms with Gasteiger partial charge >= 0.3 is 0 Å². The number of hydrogen-bond donors (Lipinski definition) is 1. The number of nitrogens with one attached hydrogen (secondary N) is 1. The number of aromatic amines is 1. The fourth-order valence-corrected chi connectivity index (χ4v) is 4.07. The number of hydrogen-bond acceptors (Lipinski definition) is 3. The summed E-state index contributed by atoms with van der Waals surface area (Å²) in [5, 5.41) is 5.22. The standard InChI is InChI=1S/C20H19F2N5O2/c21-20(22)11-26(12-20)18(28)8-15-10-25(9-14-5-6-23-27(14)15)19(29)17-7-13-3-1-2-4-16(13)24-17/h1-7,15,24H,8-12H2/t15-/m1/s1. The van der Waals surface area contributed by atoms with E-state index in [1.54, 1.807) is 21.8 Å². The van der Waals surface area contributed by atoms with E-state index < -0.39 is 19.0 Å². The Kier molecular flexibility index (Phi) is 3.94. The zero-order valence-electron chi connectivity index (χ0n) is 15.5. The topological polar surface area (TPSA) is 74.2 Å². The molecule has 3 aromatic rings. The first-order chi connectivity index (χ1) is 13.9. The maximum atomic E-state index is 13.1. The molecule has 5 rings (SSSR count). The van der Waals surface area contributed by atoms with Gasteiger partial charge in [-0.2, -0.15) is 5.10 Å². The van der Waals surface area contributed by atoms with Crippen molar-refractivity contribution >= 4 is 22.7 Å². The third kappa shape index (κ3) is 3.16. The lowest BCUT2D eigenvalue weighted by Gasteiger charge is -2.40. The molecule has 0 bridgehead atoms. The number of para-hydroxylation sites is 1. The van der Waals surface area contributed by atoms with E-state index in [-0.39, 0.29) is 24.3 Å². The highest BCUT2D eigenvalue weighted by atomic mass is 19.3. The first kappa shape index (κ1) is 17.8. The number of rotatable bonds is 3. The van der Waals surface area contributed by atoms with Crippen LogP contribution in [0.4, 0.5) is 8.78 Å². The van der Waals surface area contributed by atoms with E-state index in [1.165, 1.54) is 0 Å². The smallest absolute Gasteiger partial charge is 0.282 e. The van der Waals surface area contributed by atoms with Crippen LogP contribution in [0.15, 0.2) is 42.6 Å². The maximum Gasteiger partial charge on any atom is 0.282 e.